The topological polar surface area (TPSA) is 237 Å². The molecule has 1 aromatic heterocycles. The number of nitrogens with two attached hydrogens (primary N) is 1. The van der Waals surface area contributed by atoms with Gasteiger partial charge in [-0.2, -0.15) is 5.26 Å². The molecule has 71 heavy (non-hydrogen) atoms. The molecule has 17 nitrogen and oxygen atoms in total. The maximum Gasteiger partial charge on any atom is 0.345 e. The lowest BCUT2D eigenvalue weighted by Gasteiger charge is -2.35. The van der Waals surface area contributed by atoms with E-state index < -0.39 is 77.9 Å². The van der Waals surface area contributed by atoms with Crippen molar-refractivity contribution in [1.82, 2.24) is 29.9 Å². The third-order valence-corrected chi connectivity index (χ3v) is 13.3. The lowest BCUT2D eigenvalue weighted by molar-refractivity contribution is -0.169. The van der Waals surface area contributed by atoms with Gasteiger partial charge in [0, 0.05) is 64.1 Å². The number of fused-ring (bicyclic) bond motifs is 1. The molecular weight excluding hydrogens is 903 g/mol. The maximum absolute atomic E-state index is 15.1. The Labute approximate surface area is 420 Å². The van der Waals surface area contributed by atoms with Gasteiger partial charge in [0.2, 0.25) is 29.5 Å². The highest BCUT2D eigenvalue weighted by Gasteiger charge is 2.40. The predicted molar refractivity (Wildman–Crippen MR) is 275 cm³/mol. The first-order chi connectivity index (χ1) is 33.4. The van der Waals surface area contributed by atoms with E-state index in [-0.39, 0.29) is 55.8 Å². The van der Waals surface area contributed by atoms with E-state index in [1.54, 1.807) is 7.05 Å². The number of rotatable bonds is 27. The minimum Gasteiger partial charge on any atom is -0.479 e. The number of ether oxygens (including phenoxy) is 1. The third-order valence-electron chi connectivity index (χ3n) is 13.3. The van der Waals surface area contributed by atoms with Crippen LogP contribution in [0.5, 0.6) is 0 Å². The van der Waals surface area contributed by atoms with E-state index >= 15 is 9.59 Å². The average Bonchev–Trinajstić information content (AvgIpc) is 4.08. The zero-order chi connectivity index (χ0) is 52.9. The van der Waals surface area contributed by atoms with Crippen molar-refractivity contribution in [2.75, 3.05) is 21.1 Å². The van der Waals surface area contributed by atoms with E-state index in [1.807, 2.05) is 98.1 Å². The summed E-state index contributed by atoms with van der Waals surface area (Å²) in [4.78, 5) is 101. The van der Waals surface area contributed by atoms with Crippen LogP contribution in [0, 0.1) is 35.0 Å². The molecule has 1 saturated carbocycles. The molecule has 1 heterocycles. The number of para-hydroxylation sites is 1. The number of hydrogen-bond donors (Lipinski definition) is 4. The van der Waals surface area contributed by atoms with Gasteiger partial charge in [0.05, 0.1) is 12.1 Å². The van der Waals surface area contributed by atoms with Gasteiger partial charge in [-0.3, -0.25) is 24.0 Å². The molecular formula is C53H77BN8O9. The number of carbonyl (C=O) groups is 7. The average molecular weight is 981 g/mol. The summed E-state index contributed by atoms with van der Waals surface area (Å²) in [5.41, 5.74) is 10.2. The molecule has 0 saturated heterocycles. The van der Waals surface area contributed by atoms with Crippen LogP contribution in [0.15, 0.2) is 54.7 Å². The molecule has 5 N–H and O–H groups in total. The summed E-state index contributed by atoms with van der Waals surface area (Å²) < 4.78 is 7.31. The van der Waals surface area contributed by atoms with Crippen LogP contribution in [0.25, 0.3) is 10.9 Å². The molecule has 2 aromatic carbocycles. The third kappa shape index (κ3) is 16.4. The van der Waals surface area contributed by atoms with Gasteiger partial charge in [-0.05, 0) is 73.5 Å². The van der Waals surface area contributed by atoms with Crippen molar-refractivity contribution >= 4 is 65.7 Å². The first-order valence-corrected chi connectivity index (χ1v) is 25.0. The largest absolute Gasteiger partial charge is 0.479 e. The summed E-state index contributed by atoms with van der Waals surface area (Å²) in [6, 6.07) is 11.3. The van der Waals surface area contributed by atoms with Crippen LogP contribution in [-0.4, -0.2) is 137 Å². The van der Waals surface area contributed by atoms with Crippen molar-refractivity contribution in [3.63, 3.8) is 0 Å². The molecule has 4 rings (SSSR count). The van der Waals surface area contributed by atoms with Crippen molar-refractivity contribution in [3.8, 4) is 6.07 Å². The van der Waals surface area contributed by atoms with Crippen LogP contribution in [0.1, 0.15) is 111 Å². The number of nitrogens with one attached hydrogen (secondary N) is 2. The molecule has 0 aliphatic heterocycles. The Bertz CT molecular complexity index is 2380. The van der Waals surface area contributed by atoms with Crippen molar-refractivity contribution in [3.05, 3.63) is 65.9 Å². The van der Waals surface area contributed by atoms with E-state index in [4.69, 9.17) is 15.7 Å². The quantitative estimate of drug-likeness (QED) is 0.0637. The van der Waals surface area contributed by atoms with E-state index in [9.17, 15) is 29.1 Å². The fourth-order valence-corrected chi connectivity index (χ4v) is 8.82. The minimum atomic E-state index is -1.60. The first-order valence-electron chi connectivity index (χ1n) is 25.0. The standard InChI is InChI=1S/C53H77BN8O9/c1-31(2)24-41(50(66)59(8)34(7)53(70)71-46(52(68)69)16-13-23-55)57-48(64)45(28-37-30-62(43-15-12-11-14-39(37)43)29-36-19-21-38(54)22-20-36)61(10)51(67)42(25-32(3)4)58-47(63)44(26-33(5)6)60(9)49(65)40(56)27-35-17-18-35/h11-12,14-15,19-22,30-35,40-42,44-46H,13,16-18,24-29,54,56H2,1-10H3,(H,57,64)(H,58,63)(H,68,69)/t34-,40-,41-,42-,44-,45-,46+/m0/s1. The normalized spacial score (nSPS) is 15.5. The zero-order valence-corrected chi connectivity index (χ0v) is 43.6. The van der Waals surface area contributed by atoms with Gasteiger partial charge in [0.15, 0.2) is 6.10 Å². The number of aromatic nitrogens is 1. The number of carbonyl (C=O) groups excluding carboxylic acids is 6. The second kappa shape index (κ2) is 26.3. The Balaban J connectivity index is 1.74. The van der Waals surface area contributed by atoms with Crippen molar-refractivity contribution < 1.29 is 43.4 Å². The molecule has 7 atom stereocenters. The molecule has 1 aliphatic rings. The summed E-state index contributed by atoms with van der Waals surface area (Å²) in [7, 11) is 6.45. The lowest BCUT2D eigenvalue weighted by atomic mass is 9.95. The van der Waals surface area contributed by atoms with Gasteiger partial charge in [0.25, 0.3) is 0 Å². The van der Waals surface area contributed by atoms with Gasteiger partial charge >= 0.3 is 11.9 Å². The number of benzene rings is 2. The van der Waals surface area contributed by atoms with Crippen LogP contribution >= 0.6 is 0 Å². The molecule has 0 spiro atoms. The van der Waals surface area contributed by atoms with Crippen LogP contribution in [0.4, 0.5) is 0 Å². The summed E-state index contributed by atoms with van der Waals surface area (Å²) >= 11 is 0. The monoisotopic (exact) mass is 981 g/mol. The molecule has 1 aliphatic carbocycles. The number of nitrogens with zero attached hydrogens (tertiary/aromatic N) is 5. The molecule has 5 amide bonds. The second-order valence-corrected chi connectivity index (χ2v) is 20.8. The summed E-state index contributed by atoms with van der Waals surface area (Å²) in [6.07, 6.45) is 3.20. The number of nitriles is 1. The highest BCUT2D eigenvalue weighted by Crippen LogP contribution is 2.33. The van der Waals surface area contributed by atoms with Crippen LogP contribution in [0.2, 0.25) is 0 Å². The fraction of sp³-hybridized carbons (Fsp3) is 0.585. The maximum atomic E-state index is 15.1. The molecule has 0 radical (unpaired) electrons. The fourth-order valence-electron chi connectivity index (χ4n) is 8.82. The number of carboxylic acids is 1. The van der Waals surface area contributed by atoms with Crippen LogP contribution in [0.3, 0.4) is 0 Å². The van der Waals surface area contributed by atoms with E-state index in [2.05, 4.69) is 27.3 Å². The van der Waals surface area contributed by atoms with Crippen molar-refractivity contribution in [2.45, 2.75) is 155 Å². The Morgan fingerprint density at radius 1 is 0.789 bits per heavy atom. The molecule has 18 heteroatoms. The Morgan fingerprint density at radius 2 is 1.32 bits per heavy atom. The number of esters is 1. The number of amides is 5. The summed E-state index contributed by atoms with van der Waals surface area (Å²) in [5, 5.41) is 25.4. The number of likely N-dealkylation sites (N-methyl/N-ethyl adjacent to an activating group) is 3. The summed E-state index contributed by atoms with van der Waals surface area (Å²) in [6.45, 7) is 13.4. The van der Waals surface area contributed by atoms with Gasteiger partial charge in [-0.25, -0.2) is 9.59 Å². The number of aliphatic carboxylic acids is 1. The number of carboxylic acid groups (broad SMARTS) is 1. The van der Waals surface area contributed by atoms with Crippen molar-refractivity contribution in [2.24, 2.45) is 29.4 Å². The van der Waals surface area contributed by atoms with Gasteiger partial charge in [-0.1, -0.05) is 102 Å². The van der Waals surface area contributed by atoms with Gasteiger partial charge < -0.3 is 45.5 Å². The van der Waals surface area contributed by atoms with E-state index in [0.29, 0.717) is 25.3 Å². The minimum absolute atomic E-state index is 0.00432. The van der Waals surface area contributed by atoms with Crippen LogP contribution < -0.4 is 21.8 Å². The first kappa shape index (κ1) is 57.4. The molecule has 0 unspecified atom stereocenters. The van der Waals surface area contributed by atoms with Gasteiger partial charge in [-0.15, -0.1) is 0 Å². The predicted octanol–water partition coefficient (Wildman–Crippen LogP) is 3.53. The SMILES string of the molecule is Bc1ccc(Cn2cc(C[C@@H](C(=O)N[C@@H](CC(C)C)C(=O)N(C)[C@@H](C)C(=O)O[C@H](CCC#N)C(=O)O)N(C)C(=O)[C@H](CC(C)C)NC(=O)[C@H](CC(C)C)N(C)C(=O)[C@@H](N)CC3CC3)c3ccccc32)cc1. The Hall–Kier alpha value is -6.22. The second-order valence-electron chi connectivity index (χ2n) is 20.8. The highest BCUT2D eigenvalue weighted by molar-refractivity contribution is 6.32. The molecule has 1 fully saturated rings. The lowest BCUT2D eigenvalue weighted by Crippen LogP contribution is -2.60. The molecule has 3 aromatic rings. The van der Waals surface area contributed by atoms with Gasteiger partial charge in [0.1, 0.15) is 38.1 Å². The Morgan fingerprint density at radius 3 is 1.86 bits per heavy atom. The molecule has 386 valence electrons. The van der Waals surface area contributed by atoms with Crippen LogP contribution in [-0.2, 0) is 51.3 Å². The number of hydrogen-bond acceptors (Lipinski definition) is 10. The van der Waals surface area contributed by atoms with E-state index in [1.165, 1.54) is 30.8 Å². The van der Waals surface area contributed by atoms with Crippen molar-refractivity contribution in [1.29, 1.82) is 5.26 Å². The zero-order valence-electron chi connectivity index (χ0n) is 43.6. The summed E-state index contributed by atoms with van der Waals surface area (Å²) in [5.74, 6) is -4.99. The molecule has 0 bridgehead atoms. The smallest absolute Gasteiger partial charge is 0.345 e. The van der Waals surface area contributed by atoms with E-state index in [0.717, 1.165) is 45.2 Å². The highest BCUT2D eigenvalue weighted by atomic mass is 16.6. The Kier molecular flexibility index (Phi) is 21.2.